The first-order valence-electron chi connectivity index (χ1n) is 13.5. The lowest BCUT2D eigenvalue weighted by atomic mass is 9.73. The van der Waals surface area contributed by atoms with Crippen molar-refractivity contribution in [2.45, 2.75) is 33.1 Å². The second kappa shape index (κ2) is 12.5. The molecule has 3 heterocycles. The fourth-order valence-corrected chi connectivity index (χ4v) is 5.49. The van der Waals surface area contributed by atoms with E-state index in [0.29, 0.717) is 53.0 Å². The van der Waals surface area contributed by atoms with Crippen LogP contribution in [0.3, 0.4) is 0 Å². The lowest BCUT2D eigenvalue weighted by Gasteiger charge is -2.60. The zero-order valence-corrected chi connectivity index (χ0v) is 24.9. The average molecular weight is 627 g/mol. The number of nitrogens with one attached hydrogen (secondary N) is 2. The molecule has 234 valence electrons. The zero-order valence-electron chi connectivity index (χ0n) is 24.2. The Balaban J connectivity index is 1.62. The predicted molar refractivity (Wildman–Crippen MR) is 155 cm³/mol. The minimum absolute atomic E-state index is 0.0351. The summed E-state index contributed by atoms with van der Waals surface area (Å²) in [5, 5.41) is 32.0. The molecule has 0 bridgehead atoms. The molecule has 1 spiro atoms. The van der Waals surface area contributed by atoms with Gasteiger partial charge in [0.25, 0.3) is 0 Å². The molecule has 1 aromatic heterocycles. The number of rotatable bonds is 10. The quantitative estimate of drug-likeness (QED) is 0.225. The summed E-state index contributed by atoms with van der Waals surface area (Å²) in [4.78, 5) is 24.7. The second-order valence-electron chi connectivity index (χ2n) is 11.0. The van der Waals surface area contributed by atoms with Gasteiger partial charge in [-0.15, -0.1) is 0 Å². The number of anilines is 1. The van der Waals surface area contributed by atoms with Gasteiger partial charge in [-0.3, -0.25) is 0 Å². The van der Waals surface area contributed by atoms with Crippen LogP contribution in [-0.4, -0.2) is 102 Å². The Hall–Kier alpha value is -3.62. The van der Waals surface area contributed by atoms with Gasteiger partial charge in [-0.2, -0.15) is 13.2 Å². The van der Waals surface area contributed by atoms with Crippen LogP contribution in [0.5, 0.6) is 5.75 Å². The van der Waals surface area contributed by atoms with Gasteiger partial charge in [-0.1, -0.05) is 11.6 Å². The Bertz CT molecular complexity index is 1420. The highest BCUT2D eigenvalue weighted by Gasteiger charge is 2.54. The van der Waals surface area contributed by atoms with Crippen LogP contribution in [0.4, 0.5) is 23.8 Å². The van der Waals surface area contributed by atoms with E-state index in [-0.39, 0.29) is 48.0 Å². The second-order valence-corrected chi connectivity index (χ2v) is 11.4. The SMILES string of the molecule is CNC[C@@H](O)COc1ccc(Cl)c(-c2nc(/C(C(C)=N)=C(\C)O)c(C)c(N3CC4(CN(C(=O)OCC(F)(F)F)C4)C3)n2)c1. The summed E-state index contributed by atoms with van der Waals surface area (Å²) in [6, 6.07) is 4.92. The van der Waals surface area contributed by atoms with Crippen molar-refractivity contribution >= 4 is 34.8 Å². The molecule has 2 saturated heterocycles. The molecule has 4 N–H and O–H groups in total. The number of hydrogen-bond acceptors (Lipinski definition) is 10. The highest BCUT2D eigenvalue weighted by Crippen LogP contribution is 2.44. The Morgan fingerprint density at radius 3 is 2.49 bits per heavy atom. The molecule has 43 heavy (non-hydrogen) atoms. The third-order valence-electron chi connectivity index (χ3n) is 7.18. The van der Waals surface area contributed by atoms with Crippen LogP contribution >= 0.6 is 11.6 Å². The maximum Gasteiger partial charge on any atom is 0.422 e. The zero-order chi connectivity index (χ0) is 31.7. The Kier molecular flexibility index (Phi) is 9.42. The van der Waals surface area contributed by atoms with E-state index in [9.17, 15) is 28.2 Å². The van der Waals surface area contributed by atoms with Crippen molar-refractivity contribution in [2.24, 2.45) is 5.41 Å². The molecule has 1 aromatic carbocycles. The van der Waals surface area contributed by atoms with Gasteiger partial charge in [0.15, 0.2) is 12.4 Å². The maximum absolute atomic E-state index is 12.4. The fourth-order valence-electron chi connectivity index (χ4n) is 5.29. The number of benzene rings is 1. The third-order valence-corrected chi connectivity index (χ3v) is 7.51. The number of aromatic nitrogens is 2. The number of aliphatic hydroxyl groups is 2. The van der Waals surface area contributed by atoms with Crippen molar-refractivity contribution in [3.8, 4) is 17.1 Å². The van der Waals surface area contributed by atoms with Gasteiger partial charge in [-0.05, 0) is 46.0 Å². The van der Waals surface area contributed by atoms with Crippen LogP contribution in [0.15, 0.2) is 24.0 Å². The van der Waals surface area contributed by atoms with Crippen molar-refractivity contribution in [3.63, 3.8) is 0 Å². The number of likely N-dealkylation sites (N-methyl/N-ethyl adjacent to an activating group) is 1. The summed E-state index contributed by atoms with van der Waals surface area (Å²) >= 11 is 6.56. The van der Waals surface area contributed by atoms with E-state index in [1.807, 2.05) is 4.90 Å². The average Bonchev–Trinajstić information content (AvgIpc) is 2.86. The van der Waals surface area contributed by atoms with Crippen LogP contribution in [0.1, 0.15) is 25.1 Å². The number of carbonyl (C=O) groups is 1. The molecule has 0 aliphatic carbocycles. The lowest BCUT2D eigenvalue weighted by Crippen LogP contribution is -2.73. The summed E-state index contributed by atoms with van der Waals surface area (Å²) in [5.74, 6) is 1.07. The number of carbonyl (C=O) groups excluding carboxylic acids is 1. The number of alkyl halides is 3. The Labute approximate surface area is 251 Å². The molecule has 4 rings (SSSR count). The van der Waals surface area contributed by atoms with Gasteiger partial charge in [0.1, 0.15) is 30.0 Å². The normalized spacial score (nSPS) is 17.1. The first kappa shape index (κ1) is 32.3. The third kappa shape index (κ3) is 7.31. The predicted octanol–water partition coefficient (Wildman–Crippen LogP) is 4.21. The number of likely N-dealkylation sites (tertiary alicyclic amines) is 1. The van der Waals surface area contributed by atoms with E-state index >= 15 is 0 Å². The molecule has 15 heteroatoms. The number of hydrogen-bond donors (Lipinski definition) is 4. The topological polar surface area (TPSA) is 144 Å². The highest BCUT2D eigenvalue weighted by molar-refractivity contribution is 6.33. The molecule has 2 aliphatic rings. The van der Waals surface area contributed by atoms with Crippen LogP contribution < -0.4 is 15.0 Å². The van der Waals surface area contributed by atoms with E-state index in [1.165, 1.54) is 18.7 Å². The minimum Gasteiger partial charge on any atom is -0.512 e. The number of allylic oxidation sites excluding steroid dienone is 2. The largest absolute Gasteiger partial charge is 0.512 e. The van der Waals surface area contributed by atoms with Gasteiger partial charge < -0.3 is 40.2 Å². The van der Waals surface area contributed by atoms with E-state index in [0.717, 1.165) is 0 Å². The van der Waals surface area contributed by atoms with E-state index in [1.54, 1.807) is 32.2 Å². The van der Waals surface area contributed by atoms with E-state index in [2.05, 4.69) is 10.1 Å². The van der Waals surface area contributed by atoms with Gasteiger partial charge in [0.2, 0.25) is 0 Å². The molecule has 0 unspecified atom stereocenters. The highest BCUT2D eigenvalue weighted by atomic mass is 35.5. The number of aliphatic hydroxyl groups excluding tert-OH is 2. The van der Waals surface area contributed by atoms with Crippen LogP contribution in [0, 0.1) is 17.7 Å². The molecule has 2 aromatic rings. The molecular weight excluding hydrogens is 593 g/mol. The molecular formula is C28H34ClF3N6O5. The van der Waals surface area contributed by atoms with Crippen LogP contribution in [-0.2, 0) is 4.74 Å². The smallest absolute Gasteiger partial charge is 0.422 e. The van der Waals surface area contributed by atoms with E-state index in [4.69, 9.17) is 31.7 Å². The molecule has 1 atom stereocenters. The first-order valence-corrected chi connectivity index (χ1v) is 13.8. The van der Waals surface area contributed by atoms with Crippen LogP contribution in [0.25, 0.3) is 17.0 Å². The number of amides is 1. The fraction of sp³-hybridized carbons (Fsp3) is 0.500. The van der Waals surface area contributed by atoms with Crippen molar-refractivity contribution in [1.29, 1.82) is 5.41 Å². The Morgan fingerprint density at radius 2 is 1.91 bits per heavy atom. The van der Waals surface area contributed by atoms with Crippen molar-refractivity contribution < 1.29 is 37.7 Å². The number of halogens is 4. The monoisotopic (exact) mass is 626 g/mol. The molecule has 11 nitrogen and oxygen atoms in total. The minimum atomic E-state index is -4.59. The molecule has 2 fully saturated rings. The van der Waals surface area contributed by atoms with Gasteiger partial charge in [0, 0.05) is 55.0 Å². The maximum atomic E-state index is 12.4. The molecule has 1 amide bonds. The van der Waals surface area contributed by atoms with Gasteiger partial charge >= 0.3 is 12.3 Å². The van der Waals surface area contributed by atoms with Crippen molar-refractivity contribution in [3.05, 3.63) is 40.2 Å². The van der Waals surface area contributed by atoms with E-state index < -0.39 is 25.0 Å². The van der Waals surface area contributed by atoms with Crippen molar-refractivity contribution in [1.82, 2.24) is 20.2 Å². The number of nitrogens with zero attached hydrogens (tertiary/aromatic N) is 4. The summed E-state index contributed by atoms with van der Waals surface area (Å²) in [7, 11) is 1.72. The lowest BCUT2D eigenvalue weighted by molar-refractivity contribution is -0.165. The molecule has 2 aliphatic heterocycles. The summed E-state index contributed by atoms with van der Waals surface area (Å²) in [6.07, 6.45) is -6.33. The summed E-state index contributed by atoms with van der Waals surface area (Å²) in [6.45, 7) is 4.94. The van der Waals surface area contributed by atoms with Crippen molar-refractivity contribution in [2.75, 3.05) is 57.9 Å². The summed E-state index contributed by atoms with van der Waals surface area (Å²) < 4.78 is 47.4. The Morgan fingerprint density at radius 1 is 1.23 bits per heavy atom. The van der Waals surface area contributed by atoms with Gasteiger partial charge in [-0.25, -0.2) is 14.8 Å². The molecule has 0 saturated carbocycles. The van der Waals surface area contributed by atoms with Crippen LogP contribution in [0.2, 0.25) is 5.02 Å². The van der Waals surface area contributed by atoms with Gasteiger partial charge in [0.05, 0.1) is 16.3 Å². The first-order chi connectivity index (χ1) is 20.1. The summed E-state index contributed by atoms with van der Waals surface area (Å²) in [5.41, 5.74) is 1.38. The number of ether oxygens (including phenoxy) is 2. The standard InChI is InChI=1S/C28H34ClF3N6O5/c1-15-23(22(16(2)33)17(3)39)35-24(20-7-19(5-6-21(20)29)42-9-18(40)8-34-4)36-25(15)37-10-27(11-37)12-38(13-27)26(41)43-14-28(30,31)32/h5-7,18,33-34,39-40H,8-14H2,1-4H3/b22-17+,33-16?/t18-/m1/s1. The molecule has 0 radical (unpaired) electrons.